The zero-order valence-corrected chi connectivity index (χ0v) is 83.4. The number of hydrogen-bond donors (Lipinski definition) is 6. The van der Waals surface area contributed by atoms with Crippen molar-refractivity contribution < 1.29 is 30.1 Å². The topological polar surface area (TPSA) is 121 Å². The maximum absolute atomic E-state index is 9.94. The lowest BCUT2D eigenvalue weighted by atomic mass is 9.72. The van der Waals surface area contributed by atoms with Crippen molar-refractivity contribution >= 4 is 257 Å². The highest BCUT2D eigenvalue weighted by molar-refractivity contribution is 9.12. The van der Waals surface area contributed by atoms with Crippen LogP contribution in [0.3, 0.4) is 0 Å². The van der Waals surface area contributed by atoms with Gasteiger partial charge in [-0.3, -0.25) is 0 Å². The third-order valence-electron chi connectivity index (χ3n) is 22.5. The number of hydrogen-bond acceptors (Lipinski definition) is 6. The van der Waals surface area contributed by atoms with Crippen molar-refractivity contribution in [2.75, 3.05) is 0 Å². The standard InChI is InChI=1S/C20H15BO2.C20H13Br.C20H14.C16H11Br.C14H9Br.C10H6Br2.2C6H7BO2.C6H4Br2/c22-21(23)20-17-12-6-4-10-15(17)19(14-8-2-1-3-9-14)16-11-5-7-13-18(16)20;21-20-17-12-6-4-10-15(17)19(14-8-2-1-3-9-14)16-11-5-7-13-18(16)20;1-2-8-15(9-3-1)20-18-12-6-4-10-16(18)14-17-11-5-7-13-19(17)20;17-15-11-5-9-13-8-4-10-14(16(13)15)12-6-2-1-3-7-12;15-14-12-7-3-1-5-10(12)9-11-6-2-4-8-13(11)14;11-8-5-1-3-7-4-2-6-9(12)10(7)8;2*8-7(9)6-4-2-1-3-5-6;7-5-1-2-6(8)4-3-5/h1-13,22-23H;1-13H;1-14H;1-11H;1-9H;1-6H;2*1-5,8-9H;1-4H. The molecular formula is C118H86B3Br7O6. The van der Waals surface area contributed by atoms with Gasteiger partial charge in [0.1, 0.15) is 0 Å². The molecule has 6 nitrogen and oxygen atoms in total. The van der Waals surface area contributed by atoms with Gasteiger partial charge >= 0.3 is 21.4 Å². The van der Waals surface area contributed by atoms with Crippen molar-refractivity contribution in [3.8, 4) is 44.5 Å². The zero-order chi connectivity index (χ0) is 93.2. The molecule has 0 aliphatic rings. The van der Waals surface area contributed by atoms with Crippen LogP contribution in [-0.2, 0) is 0 Å². The Balaban J connectivity index is 0.000000117. The third-order valence-corrected chi connectivity index (χ3v) is 27.3. The van der Waals surface area contributed by atoms with Crippen LogP contribution in [0.5, 0.6) is 0 Å². The molecule has 23 aromatic carbocycles. The summed E-state index contributed by atoms with van der Waals surface area (Å²) < 4.78 is 8.00. The van der Waals surface area contributed by atoms with Gasteiger partial charge in [-0.25, -0.2) is 0 Å². The van der Waals surface area contributed by atoms with Crippen LogP contribution in [0, 0.1) is 0 Å². The molecule has 0 spiro atoms. The van der Waals surface area contributed by atoms with Gasteiger partial charge in [0.15, 0.2) is 0 Å². The van der Waals surface area contributed by atoms with Crippen LogP contribution in [0.25, 0.3) is 152 Å². The van der Waals surface area contributed by atoms with Crippen molar-refractivity contribution in [3.63, 3.8) is 0 Å². The smallest absolute Gasteiger partial charge is 0.423 e. The monoisotopic (exact) mass is 2180 g/mol. The van der Waals surface area contributed by atoms with Crippen LogP contribution in [0.4, 0.5) is 0 Å². The first-order valence-corrected chi connectivity index (χ1v) is 48.8. The molecule has 0 saturated heterocycles. The van der Waals surface area contributed by atoms with Gasteiger partial charge in [0.05, 0.1) is 0 Å². The summed E-state index contributed by atoms with van der Waals surface area (Å²) in [6.45, 7) is 0. The fourth-order valence-electron chi connectivity index (χ4n) is 16.3. The minimum Gasteiger partial charge on any atom is -0.423 e. The lowest BCUT2D eigenvalue weighted by Gasteiger charge is -2.16. The van der Waals surface area contributed by atoms with Crippen LogP contribution in [0.1, 0.15) is 0 Å². The Morgan fingerprint density at radius 1 is 0.164 bits per heavy atom. The molecule has 0 heterocycles. The summed E-state index contributed by atoms with van der Waals surface area (Å²) in [6, 6.07) is 164. The van der Waals surface area contributed by atoms with Crippen LogP contribution in [-0.4, -0.2) is 51.5 Å². The van der Waals surface area contributed by atoms with E-state index < -0.39 is 21.4 Å². The summed E-state index contributed by atoms with van der Waals surface area (Å²) in [4.78, 5) is 0. The van der Waals surface area contributed by atoms with E-state index in [1.807, 2.05) is 133 Å². The van der Waals surface area contributed by atoms with Crippen molar-refractivity contribution in [1.29, 1.82) is 0 Å². The maximum atomic E-state index is 9.94. The van der Waals surface area contributed by atoms with Crippen molar-refractivity contribution in [3.05, 3.63) is 517 Å². The molecule has 23 rings (SSSR count). The van der Waals surface area contributed by atoms with Crippen LogP contribution >= 0.6 is 112 Å². The largest absolute Gasteiger partial charge is 0.489 e. The number of fused-ring (bicyclic) bond motifs is 10. The minimum atomic E-state index is -1.50. The van der Waals surface area contributed by atoms with Gasteiger partial charge in [0.25, 0.3) is 0 Å². The van der Waals surface area contributed by atoms with Gasteiger partial charge in [0.2, 0.25) is 0 Å². The second kappa shape index (κ2) is 47.7. The van der Waals surface area contributed by atoms with Gasteiger partial charge in [-0.2, -0.15) is 0 Å². The Hall–Kier alpha value is -12.0. The quantitative estimate of drug-likeness (QED) is 0.0698. The highest BCUT2D eigenvalue weighted by Crippen LogP contribution is 2.44. The molecule has 0 fully saturated rings. The predicted octanol–water partition coefficient (Wildman–Crippen LogP) is 31.8. The molecule has 134 heavy (non-hydrogen) atoms. The second-order valence-corrected chi connectivity index (χ2v) is 37.0. The summed E-state index contributed by atoms with van der Waals surface area (Å²) in [6.07, 6.45) is 0. The molecule has 652 valence electrons. The third kappa shape index (κ3) is 24.0. The molecule has 16 heteroatoms. The highest BCUT2D eigenvalue weighted by Gasteiger charge is 2.23. The molecule has 0 aliphatic carbocycles. The van der Waals surface area contributed by atoms with Crippen LogP contribution in [0.15, 0.2) is 517 Å². The first-order valence-electron chi connectivity index (χ1n) is 43.3. The van der Waals surface area contributed by atoms with E-state index in [-0.39, 0.29) is 0 Å². The number of halogens is 7. The molecule has 23 aromatic rings. The summed E-state index contributed by atoms with van der Waals surface area (Å²) in [7, 11) is -4.19. The summed E-state index contributed by atoms with van der Waals surface area (Å²) in [5, 5.41) is 78.5. The van der Waals surface area contributed by atoms with E-state index >= 15 is 0 Å². The Morgan fingerprint density at radius 3 is 0.716 bits per heavy atom. The van der Waals surface area contributed by atoms with E-state index in [0.29, 0.717) is 16.4 Å². The number of rotatable bonds is 7. The Bertz CT molecular complexity index is 7550. The average molecular weight is 2190 g/mol. The van der Waals surface area contributed by atoms with Gasteiger partial charge in [-0.15, -0.1) is 0 Å². The fraction of sp³-hybridized carbons (Fsp3) is 0. The molecule has 0 radical (unpaired) electrons. The predicted molar refractivity (Wildman–Crippen MR) is 598 cm³/mol. The fourth-order valence-corrected chi connectivity index (χ4v) is 20.3. The minimum absolute atomic E-state index is 0.525. The lowest BCUT2D eigenvalue weighted by Crippen LogP contribution is -2.31. The summed E-state index contributed by atoms with van der Waals surface area (Å²) >= 11 is 24.8. The van der Waals surface area contributed by atoms with E-state index in [9.17, 15) is 10.0 Å². The average Bonchev–Trinajstić information content (AvgIpc) is 0.367. The SMILES string of the molecule is Brc1c2ccccc2c(-c2ccccc2)c2ccccc12.Brc1c2ccccc2cc2ccccc12.Brc1ccc(Br)cc1.Brc1cccc2cccc(-c3ccccc3)c12.Brc1cccc2cccc(Br)c12.OB(O)c1c2ccccc2c(-c2ccccc2)c2ccccc12.OB(O)c1ccccc1.OB(O)c1ccccc1.c1ccc(-c2c3ccccc3cc3ccccc23)cc1. The Kier molecular flexibility index (Phi) is 34.4. The molecule has 0 unspecified atom stereocenters. The molecule has 6 N–H and O–H groups in total. The van der Waals surface area contributed by atoms with Gasteiger partial charge in [-0.1, -0.05) is 510 Å². The summed E-state index contributed by atoms with van der Waals surface area (Å²) in [5.41, 5.74) is 11.6. The maximum Gasteiger partial charge on any atom is 0.489 e. The second-order valence-electron chi connectivity index (χ2n) is 31.1. The zero-order valence-electron chi connectivity index (χ0n) is 72.2. The lowest BCUT2D eigenvalue weighted by molar-refractivity contribution is 0.424. The van der Waals surface area contributed by atoms with Gasteiger partial charge in [0, 0.05) is 42.1 Å². The van der Waals surface area contributed by atoms with E-state index in [1.54, 1.807) is 48.5 Å². The van der Waals surface area contributed by atoms with Crippen molar-refractivity contribution in [1.82, 2.24) is 0 Å². The van der Waals surface area contributed by atoms with Crippen molar-refractivity contribution in [2.24, 2.45) is 0 Å². The van der Waals surface area contributed by atoms with Crippen molar-refractivity contribution in [2.45, 2.75) is 0 Å². The first-order chi connectivity index (χ1) is 65.5. The molecular weight excluding hydrogens is 2110 g/mol. The van der Waals surface area contributed by atoms with E-state index in [0.717, 1.165) is 55.0 Å². The molecule has 0 atom stereocenters. The van der Waals surface area contributed by atoms with E-state index in [4.69, 9.17) is 20.1 Å². The van der Waals surface area contributed by atoms with E-state index in [2.05, 4.69) is 415 Å². The Labute approximate surface area is 839 Å². The molecule has 0 aromatic heterocycles. The van der Waals surface area contributed by atoms with Gasteiger partial charge < -0.3 is 30.1 Å². The summed E-state index contributed by atoms with van der Waals surface area (Å²) in [5.74, 6) is 0. The van der Waals surface area contributed by atoms with E-state index in [1.165, 1.54) is 129 Å². The molecule has 0 bridgehead atoms. The first kappa shape index (κ1) is 96.5. The van der Waals surface area contributed by atoms with Crippen LogP contribution < -0.4 is 16.4 Å². The highest BCUT2D eigenvalue weighted by atomic mass is 79.9. The molecule has 0 saturated carbocycles. The molecule has 0 aliphatic heterocycles. The normalized spacial score (nSPS) is 10.6. The van der Waals surface area contributed by atoms with Gasteiger partial charge in [-0.05, 0) is 244 Å². The Morgan fingerprint density at radius 2 is 0.396 bits per heavy atom. The number of benzene rings is 23. The molecule has 0 amide bonds. The van der Waals surface area contributed by atoms with Crippen LogP contribution in [0.2, 0.25) is 0 Å².